The van der Waals surface area contributed by atoms with Crippen LogP contribution in [0.5, 0.6) is 0 Å². The molecule has 5 heteroatoms. The first-order chi connectivity index (χ1) is 5.66. The van der Waals surface area contributed by atoms with Gasteiger partial charge in [-0.05, 0) is 12.1 Å². The fourth-order valence-electron chi connectivity index (χ4n) is 0.731. The number of hydrogen-bond donors (Lipinski definition) is 0. The Morgan fingerprint density at radius 1 is 1.33 bits per heavy atom. The van der Waals surface area contributed by atoms with Gasteiger partial charge in [-0.25, -0.2) is 13.6 Å². The number of hydrogen-bond acceptors (Lipinski definition) is 2. The van der Waals surface area contributed by atoms with Gasteiger partial charge in [0.15, 0.2) is 16.3 Å². The lowest BCUT2D eigenvalue weighted by Gasteiger charge is -1.99. The summed E-state index contributed by atoms with van der Waals surface area (Å²) in [4.78, 5) is 10.7. The fraction of sp³-hybridized carbons (Fsp3) is 0. The van der Waals surface area contributed by atoms with Gasteiger partial charge in [0.1, 0.15) is 17.2 Å². The Bertz CT molecular complexity index is 294. The van der Waals surface area contributed by atoms with Crippen LogP contribution >= 0.6 is 16.3 Å². The summed E-state index contributed by atoms with van der Waals surface area (Å²) in [5.74, 6) is -2.98. The molecule has 0 fully saturated rings. The molecule has 0 aliphatic rings. The van der Waals surface area contributed by atoms with Gasteiger partial charge in [0.25, 0.3) is 0 Å². The Morgan fingerprint density at radius 3 is 2.25 bits per heavy atom. The SMILES string of the molecule is O=C(OBr)c1c(F)cccc1F. The molecule has 0 bridgehead atoms. The lowest BCUT2D eigenvalue weighted by molar-refractivity contribution is 0.0772. The van der Waals surface area contributed by atoms with E-state index in [4.69, 9.17) is 0 Å². The summed E-state index contributed by atoms with van der Waals surface area (Å²) in [7, 11) is 0. The van der Waals surface area contributed by atoms with Crippen LogP contribution in [-0.2, 0) is 3.83 Å². The lowest BCUT2D eigenvalue weighted by atomic mass is 10.2. The van der Waals surface area contributed by atoms with E-state index in [0.717, 1.165) is 18.2 Å². The maximum atomic E-state index is 12.7. The summed E-state index contributed by atoms with van der Waals surface area (Å²) in [6.07, 6.45) is 0. The normalized spacial score (nSPS) is 9.58. The minimum absolute atomic E-state index is 0.700. The van der Waals surface area contributed by atoms with Gasteiger partial charge in [0, 0.05) is 0 Å². The number of rotatable bonds is 1. The molecule has 0 aromatic heterocycles. The fourth-order valence-corrected chi connectivity index (χ4v) is 0.893. The number of halogens is 3. The van der Waals surface area contributed by atoms with Crippen molar-refractivity contribution in [3.05, 3.63) is 35.4 Å². The second-order valence-electron chi connectivity index (χ2n) is 1.96. The van der Waals surface area contributed by atoms with Crippen LogP contribution in [0.2, 0.25) is 0 Å². The third-order valence-electron chi connectivity index (χ3n) is 1.24. The van der Waals surface area contributed by atoms with E-state index in [1.54, 1.807) is 0 Å². The zero-order chi connectivity index (χ0) is 9.14. The highest BCUT2D eigenvalue weighted by Gasteiger charge is 2.17. The van der Waals surface area contributed by atoms with Crippen LogP contribution in [0.4, 0.5) is 8.78 Å². The van der Waals surface area contributed by atoms with Crippen LogP contribution in [-0.4, -0.2) is 5.97 Å². The monoisotopic (exact) mass is 236 g/mol. The number of carbonyl (C=O) groups is 1. The second-order valence-corrected chi connectivity index (χ2v) is 2.29. The van der Waals surface area contributed by atoms with E-state index in [1.807, 2.05) is 0 Å². The summed E-state index contributed by atoms with van der Waals surface area (Å²) < 4.78 is 29.4. The average molecular weight is 237 g/mol. The molecule has 1 aromatic carbocycles. The molecule has 1 rings (SSSR count). The van der Waals surface area contributed by atoms with Crippen LogP contribution < -0.4 is 0 Å². The van der Waals surface area contributed by atoms with E-state index in [0.29, 0.717) is 0 Å². The summed E-state index contributed by atoms with van der Waals surface area (Å²) in [5.41, 5.74) is -0.700. The van der Waals surface area contributed by atoms with Gasteiger partial charge < -0.3 is 3.83 Å². The number of benzene rings is 1. The molecular weight excluding hydrogens is 234 g/mol. The van der Waals surface area contributed by atoms with Gasteiger partial charge in [-0.15, -0.1) is 0 Å². The van der Waals surface area contributed by atoms with Crippen LogP contribution in [0.25, 0.3) is 0 Å². The molecule has 0 unspecified atom stereocenters. The van der Waals surface area contributed by atoms with E-state index in [-0.39, 0.29) is 0 Å². The molecule has 12 heavy (non-hydrogen) atoms. The molecule has 0 spiro atoms. The summed E-state index contributed by atoms with van der Waals surface area (Å²) in [6, 6.07) is 3.11. The summed E-state index contributed by atoms with van der Waals surface area (Å²) in [5, 5.41) is 0. The molecule has 1 aromatic rings. The summed E-state index contributed by atoms with van der Waals surface area (Å²) in [6.45, 7) is 0. The van der Waals surface area contributed by atoms with Crippen LogP contribution in [0, 0.1) is 11.6 Å². The Morgan fingerprint density at radius 2 is 1.83 bits per heavy atom. The molecule has 0 saturated carbocycles. The minimum atomic E-state index is -1.09. The molecule has 2 nitrogen and oxygen atoms in total. The van der Waals surface area contributed by atoms with E-state index >= 15 is 0 Å². The van der Waals surface area contributed by atoms with Gasteiger partial charge in [-0.2, -0.15) is 0 Å². The van der Waals surface area contributed by atoms with E-state index in [1.165, 1.54) is 0 Å². The summed E-state index contributed by atoms with van der Waals surface area (Å²) >= 11 is 2.34. The third-order valence-corrected chi connectivity index (χ3v) is 1.53. The highest BCUT2D eigenvalue weighted by atomic mass is 79.9. The molecule has 0 amide bonds. The van der Waals surface area contributed by atoms with E-state index < -0.39 is 23.2 Å². The van der Waals surface area contributed by atoms with Crippen molar-refractivity contribution < 1.29 is 17.4 Å². The van der Waals surface area contributed by atoms with Crippen LogP contribution in [0.1, 0.15) is 10.4 Å². The quantitative estimate of drug-likeness (QED) is 0.749. The first-order valence-electron chi connectivity index (χ1n) is 2.93. The van der Waals surface area contributed by atoms with Crippen molar-refractivity contribution in [3.8, 4) is 0 Å². The Balaban J connectivity index is 3.21. The van der Waals surface area contributed by atoms with Gasteiger partial charge >= 0.3 is 5.97 Å². The van der Waals surface area contributed by atoms with Gasteiger partial charge in [0.2, 0.25) is 0 Å². The Kier molecular flexibility index (Phi) is 2.75. The third kappa shape index (κ3) is 1.61. The van der Waals surface area contributed by atoms with E-state index in [9.17, 15) is 13.6 Å². The Labute approximate surface area is 75.6 Å². The lowest BCUT2D eigenvalue weighted by Crippen LogP contribution is -2.04. The van der Waals surface area contributed by atoms with Crippen LogP contribution in [0.15, 0.2) is 18.2 Å². The predicted molar refractivity (Wildman–Crippen MR) is 40.7 cm³/mol. The molecule has 64 valence electrons. The molecule has 0 aliphatic heterocycles. The highest BCUT2D eigenvalue weighted by molar-refractivity contribution is 9.06. The van der Waals surface area contributed by atoms with Gasteiger partial charge in [0.05, 0.1) is 0 Å². The zero-order valence-electron chi connectivity index (χ0n) is 5.68. The van der Waals surface area contributed by atoms with Crippen molar-refractivity contribution in [1.82, 2.24) is 0 Å². The standard InChI is InChI=1S/C7H3BrF2O2/c8-12-7(11)6-4(9)2-1-3-5(6)10/h1-3H. The molecule has 0 atom stereocenters. The molecular formula is C7H3BrF2O2. The number of carbonyl (C=O) groups excluding carboxylic acids is 1. The van der Waals surface area contributed by atoms with Gasteiger partial charge in [-0.3, -0.25) is 0 Å². The zero-order valence-corrected chi connectivity index (χ0v) is 7.27. The molecule has 0 heterocycles. The molecule has 0 saturated heterocycles. The van der Waals surface area contributed by atoms with E-state index in [2.05, 4.69) is 20.1 Å². The maximum Gasteiger partial charge on any atom is 0.355 e. The topological polar surface area (TPSA) is 26.3 Å². The maximum absolute atomic E-state index is 12.7. The van der Waals surface area contributed by atoms with Crippen molar-refractivity contribution in [2.24, 2.45) is 0 Å². The largest absolute Gasteiger partial charge is 0.380 e. The Hall–Kier alpha value is -0.970. The van der Waals surface area contributed by atoms with Crippen molar-refractivity contribution >= 4 is 22.2 Å². The smallest absolute Gasteiger partial charge is 0.355 e. The predicted octanol–water partition coefficient (Wildman–Crippen LogP) is 2.43. The molecule has 0 radical (unpaired) electrons. The molecule has 0 aliphatic carbocycles. The first-order valence-corrected chi connectivity index (χ1v) is 3.58. The highest BCUT2D eigenvalue weighted by Crippen LogP contribution is 2.13. The van der Waals surface area contributed by atoms with Crippen LogP contribution in [0.3, 0.4) is 0 Å². The van der Waals surface area contributed by atoms with Crippen molar-refractivity contribution in [1.29, 1.82) is 0 Å². The minimum Gasteiger partial charge on any atom is -0.380 e. The van der Waals surface area contributed by atoms with Crippen molar-refractivity contribution in [3.63, 3.8) is 0 Å². The van der Waals surface area contributed by atoms with Crippen molar-refractivity contribution in [2.75, 3.05) is 0 Å². The second kappa shape index (κ2) is 3.62. The molecule has 0 N–H and O–H groups in total. The van der Waals surface area contributed by atoms with Gasteiger partial charge in [-0.1, -0.05) is 6.07 Å². The first kappa shape index (κ1) is 9.12. The average Bonchev–Trinajstić information content (AvgIpc) is 2.03. The van der Waals surface area contributed by atoms with Crippen molar-refractivity contribution in [2.45, 2.75) is 0 Å².